The fraction of sp³-hybridized carbons (Fsp3) is 0.200. The van der Waals surface area contributed by atoms with Crippen molar-refractivity contribution in [3.05, 3.63) is 82.5 Å². The maximum atomic E-state index is 13.7. The number of urea groups is 1. The van der Waals surface area contributed by atoms with E-state index in [0.717, 1.165) is 10.5 Å². The van der Waals surface area contributed by atoms with E-state index in [4.69, 9.17) is 16.7 Å². The van der Waals surface area contributed by atoms with Gasteiger partial charge < -0.3 is 15.3 Å². The summed E-state index contributed by atoms with van der Waals surface area (Å²) < 4.78 is 28.3. The molecule has 0 saturated heterocycles. The number of rotatable bonds is 9. The van der Waals surface area contributed by atoms with Crippen molar-refractivity contribution >= 4 is 51.0 Å². The third kappa shape index (κ3) is 6.78. The molecule has 0 bridgehead atoms. The molecule has 38 heavy (non-hydrogen) atoms. The minimum Gasteiger partial charge on any atom is -0.478 e. The van der Waals surface area contributed by atoms with Crippen LogP contribution in [0.25, 0.3) is 0 Å². The molecule has 0 unspecified atom stereocenters. The Morgan fingerprint density at radius 2 is 1.76 bits per heavy atom. The number of carbonyl (C=O) groups excluding carboxylic acids is 2. The molecule has 13 heteroatoms. The van der Waals surface area contributed by atoms with Crippen LogP contribution in [0.15, 0.2) is 65.7 Å². The van der Waals surface area contributed by atoms with Crippen molar-refractivity contribution in [2.24, 2.45) is 0 Å². The van der Waals surface area contributed by atoms with Crippen LogP contribution in [0.2, 0.25) is 5.02 Å². The van der Waals surface area contributed by atoms with Crippen molar-refractivity contribution in [3.63, 3.8) is 0 Å². The molecule has 0 radical (unpaired) electrons. The number of hydrogen-bond acceptors (Lipinski definition) is 6. The van der Waals surface area contributed by atoms with Crippen LogP contribution in [0.1, 0.15) is 21.5 Å². The highest BCUT2D eigenvalue weighted by atomic mass is 35.5. The molecule has 2 aromatic carbocycles. The summed E-state index contributed by atoms with van der Waals surface area (Å²) in [5, 5.41) is 14.6. The summed E-state index contributed by atoms with van der Waals surface area (Å²) in [6.07, 6.45) is 1.09. The number of hydrogen-bond donors (Lipinski definition) is 3. The van der Waals surface area contributed by atoms with Crippen LogP contribution in [0.4, 0.5) is 16.3 Å². The van der Waals surface area contributed by atoms with Crippen LogP contribution in [0, 0.1) is 6.92 Å². The fourth-order valence-electron chi connectivity index (χ4n) is 3.32. The maximum Gasteiger partial charge on any atom is 0.335 e. The number of halogens is 1. The second-order valence-corrected chi connectivity index (χ2v) is 10.7. The van der Waals surface area contributed by atoms with E-state index in [2.05, 4.69) is 15.6 Å². The van der Waals surface area contributed by atoms with Crippen molar-refractivity contribution in [2.75, 3.05) is 30.3 Å². The zero-order chi connectivity index (χ0) is 28.0. The molecular formula is C25H26ClN5O6S. The SMILES string of the molecule is Cc1c(Cl)cccc1N(CC(=O)NCc1cccc(C(=O)O)c1)S(=O)(=O)c1ccc(NC(=O)N(C)C)nc1. The van der Waals surface area contributed by atoms with Crippen molar-refractivity contribution < 1.29 is 27.9 Å². The van der Waals surface area contributed by atoms with Gasteiger partial charge in [0.05, 0.1) is 11.3 Å². The second kappa shape index (κ2) is 11.9. The van der Waals surface area contributed by atoms with Gasteiger partial charge in [-0.05, 0) is 54.4 Å². The van der Waals surface area contributed by atoms with E-state index < -0.39 is 34.5 Å². The Kier molecular flexibility index (Phi) is 8.92. The Hall–Kier alpha value is -4.16. The highest BCUT2D eigenvalue weighted by Crippen LogP contribution is 2.30. The van der Waals surface area contributed by atoms with Crippen LogP contribution < -0.4 is 14.9 Å². The molecule has 3 rings (SSSR count). The molecule has 3 N–H and O–H groups in total. The number of sulfonamides is 1. The largest absolute Gasteiger partial charge is 0.478 e. The molecule has 0 spiro atoms. The van der Waals surface area contributed by atoms with Gasteiger partial charge in [-0.2, -0.15) is 0 Å². The summed E-state index contributed by atoms with van der Waals surface area (Å²) >= 11 is 6.24. The first-order valence-corrected chi connectivity index (χ1v) is 13.0. The zero-order valence-corrected chi connectivity index (χ0v) is 22.4. The van der Waals surface area contributed by atoms with Gasteiger partial charge in [-0.1, -0.05) is 29.8 Å². The first-order valence-electron chi connectivity index (χ1n) is 11.2. The molecular weight excluding hydrogens is 534 g/mol. The second-order valence-electron chi connectivity index (χ2n) is 8.38. The van der Waals surface area contributed by atoms with Gasteiger partial charge in [0.15, 0.2) is 0 Å². The van der Waals surface area contributed by atoms with E-state index in [1.165, 1.54) is 35.2 Å². The van der Waals surface area contributed by atoms with Gasteiger partial charge in [-0.15, -0.1) is 0 Å². The first kappa shape index (κ1) is 28.4. The number of carboxylic acids is 1. The molecule has 0 atom stereocenters. The van der Waals surface area contributed by atoms with Gasteiger partial charge in [0, 0.05) is 31.9 Å². The number of anilines is 2. The van der Waals surface area contributed by atoms with E-state index in [1.807, 2.05) is 0 Å². The van der Waals surface area contributed by atoms with Crippen LogP contribution >= 0.6 is 11.6 Å². The number of nitrogens with zero attached hydrogens (tertiary/aromatic N) is 3. The van der Waals surface area contributed by atoms with Crippen molar-refractivity contribution in [1.82, 2.24) is 15.2 Å². The molecule has 0 aliphatic heterocycles. The van der Waals surface area contributed by atoms with E-state index in [-0.39, 0.29) is 28.5 Å². The predicted octanol–water partition coefficient (Wildman–Crippen LogP) is 3.35. The number of benzene rings is 2. The van der Waals surface area contributed by atoms with E-state index in [9.17, 15) is 22.8 Å². The van der Waals surface area contributed by atoms with Crippen molar-refractivity contribution in [1.29, 1.82) is 0 Å². The molecule has 0 saturated carbocycles. The summed E-state index contributed by atoms with van der Waals surface area (Å²) in [5.74, 6) is -1.58. The fourth-order valence-corrected chi connectivity index (χ4v) is 4.92. The molecule has 0 fully saturated rings. The van der Waals surface area contributed by atoms with E-state index in [0.29, 0.717) is 16.1 Å². The van der Waals surface area contributed by atoms with Gasteiger partial charge in [-0.25, -0.2) is 23.0 Å². The minimum absolute atomic E-state index is 0.00973. The van der Waals surface area contributed by atoms with Gasteiger partial charge in [0.1, 0.15) is 17.3 Å². The smallest absolute Gasteiger partial charge is 0.335 e. The molecule has 0 aliphatic carbocycles. The first-order chi connectivity index (χ1) is 17.9. The molecule has 1 heterocycles. The molecule has 3 aromatic rings. The number of pyridine rings is 1. The predicted molar refractivity (Wildman–Crippen MR) is 143 cm³/mol. The van der Waals surface area contributed by atoms with Crippen LogP contribution in [-0.4, -0.2) is 62.0 Å². The number of nitrogens with one attached hydrogen (secondary N) is 2. The van der Waals surface area contributed by atoms with Gasteiger partial charge >= 0.3 is 12.0 Å². The average molecular weight is 560 g/mol. The standard InChI is InChI=1S/C25H26ClN5O6S/c1-16-20(26)8-5-9-21(16)31(15-23(32)28-13-17-6-4-7-18(12-17)24(33)34)38(36,37)19-10-11-22(27-14-19)29-25(35)30(2)3/h4-12,14H,13,15H2,1-3H3,(H,28,32)(H,33,34)(H,27,29,35). The molecule has 200 valence electrons. The Balaban J connectivity index is 1.88. The average Bonchev–Trinajstić information content (AvgIpc) is 2.88. The molecule has 1 aromatic heterocycles. The Labute approximate surface area is 225 Å². The lowest BCUT2D eigenvalue weighted by Gasteiger charge is -2.26. The van der Waals surface area contributed by atoms with E-state index in [1.54, 1.807) is 45.3 Å². The summed E-state index contributed by atoms with van der Waals surface area (Å²) in [7, 11) is -1.20. The van der Waals surface area contributed by atoms with Gasteiger partial charge in [0.2, 0.25) is 5.91 Å². The molecule has 0 aliphatic rings. The van der Waals surface area contributed by atoms with Crippen LogP contribution in [-0.2, 0) is 21.4 Å². The van der Waals surface area contributed by atoms with Crippen LogP contribution in [0.5, 0.6) is 0 Å². The molecule has 3 amide bonds. The quantitative estimate of drug-likeness (QED) is 0.364. The Morgan fingerprint density at radius 3 is 2.39 bits per heavy atom. The zero-order valence-electron chi connectivity index (χ0n) is 20.8. The Bertz CT molecular complexity index is 1460. The highest BCUT2D eigenvalue weighted by molar-refractivity contribution is 7.92. The summed E-state index contributed by atoms with van der Waals surface area (Å²) in [5.41, 5.74) is 1.24. The third-order valence-corrected chi connectivity index (χ3v) is 7.58. The number of carboxylic acid groups (broad SMARTS) is 1. The number of aromatic carboxylic acids is 1. The highest BCUT2D eigenvalue weighted by Gasteiger charge is 2.29. The van der Waals surface area contributed by atoms with Gasteiger partial charge in [0.25, 0.3) is 10.0 Å². The van der Waals surface area contributed by atoms with Crippen LogP contribution in [0.3, 0.4) is 0 Å². The van der Waals surface area contributed by atoms with Gasteiger partial charge in [-0.3, -0.25) is 14.4 Å². The normalized spacial score (nSPS) is 10.9. The number of carbonyl (C=O) groups is 3. The molecule has 11 nitrogen and oxygen atoms in total. The van der Waals surface area contributed by atoms with Crippen molar-refractivity contribution in [2.45, 2.75) is 18.4 Å². The maximum absolute atomic E-state index is 13.7. The summed E-state index contributed by atoms with van der Waals surface area (Å²) in [6.45, 7) is 1.04. The summed E-state index contributed by atoms with van der Waals surface area (Å²) in [4.78, 5) is 41.1. The summed E-state index contributed by atoms with van der Waals surface area (Å²) in [6, 6.07) is 12.9. The third-order valence-electron chi connectivity index (χ3n) is 5.42. The lowest BCUT2D eigenvalue weighted by molar-refractivity contribution is -0.119. The Morgan fingerprint density at radius 1 is 1.05 bits per heavy atom. The lowest BCUT2D eigenvalue weighted by Crippen LogP contribution is -2.41. The van der Waals surface area contributed by atoms with Crippen molar-refractivity contribution in [3.8, 4) is 0 Å². The number of amides is 3. The minimum atomic E-state index is -4.30. The van der Waals surface area contributed by atoms with E-state index >= 15 is 0 Å². The number of aromatic nitrogens is 1. The lowest BCUT2D eigenvalue weighted by atomic mass is 10.1. The topological polar surface area (TPSA) is 149 Å². The monoisotopic (exact) mass is 559 g/mol.